The normalized spacial score (nSPS) is 0. The van der Waals surface area contributed by atoms with Crippen molar-refractivity contribution in [3.05, 3.63) is 0 Å². The fraction of sp³-hybridized carbons (Fsp3) is 0. The maximum absolute atomic E-state index is 0. The summed E-state index contributed by atoms with van der Waals surface area (Å²) in [6, 6.07) is 0. The van der Waals surface area contributed by atoms with Gasteiger partial charge in [0.1, 0.15) is 0 Å². The first-order valence-electron chi connectivity index (χ1n) is 0. The summed E-state index contributed by atoms with van der Waals surface area (Å²) in [4.78, 5) is 0. The molecule has 0 saturated carbocycles. The summed E-state index contributed by atoms with van der Waals surface area (Å²) >= 11 is 0. The molecule has 0 heterocycles. The van der Waals surface area contributed by atoms with Crippen LogP contribution in [0.2, 0.25) is 0 Å². The van der Waals surface area contributed by atoms with Gasteiger partial charge in [-0.1, -0.05) is 0 Å². The number of hydrogen-bond acceptors (Lipinski definition) is 0. The van der Waals surface area contributed by atoms with Crippen LogP contribution in [0.4, 0.5) is 0 Å². The van der Waals surface area contributed by atoms with E-state index in [2.05, 4.69) is 0 Å². The van der Waals surface area contributed by atoms with Crippen LogP contribution >= 0.6 is 60.4 Å². The van der Waals surface area contributed by atoms with Crippen molar-refractivity contribution >= 4 is 60.4 Å². The average molecular weight is 487 g/mol. The van der Waals surface area contributed by atoms with Crippen LogP contribution in [0.15, 0.2) is 0 Å². The third-order valence-corrected chi connectivity index (χ3v) is 0. The van der Waals surface area contributed by atoms with Gasteiger partial charge in [0, 0.05) is 21.1 Å². The van der Waals surface area contributed by atoms with Crippen molar-refractivity contribution in [3.63, 3.8) is 0 Å². The SMILES string of the molecule is Cl.I.I.[Pt]. The maximum Gasteiger partial charge on any atom is 0 e. The second-order valence-corrected chi connectivity index (χ2v) is 0. The molecule has 0 spiro atoms. The summed E-state index contributed by atoms with van der Waals surface area (Å²) < 4.78 is 0. The molecule has 0 aliphatic rings. The topological polar surface area (TPSA) is 0 Å². The predicted octanol–water partition coefficient (Wildman–Crippen LogP) is 1.66. The van der Waals surface area contributed by atoms with E-state index in [0.717, 1.165) is 0 Å². The van der Waals surface area contributed by atoms with Crippen molar-refractivity contribution in [2.45, 2.75) is 0 Å². The van der Waals surface area contributed by atoms with E-state index in [4.69, 9.17) is 0 Å². The molecular weight excluding hydrogens is 484 g/mol. The molecule has 34 valence electrons. The van der Waals surface area contributed by atoms with Gasteiger partial charge in [-0.05, 0) is 0 Å². The summed E-state index contributed by atoms with van der Waals surface area (Å²) in [6.45, 7) is 0. The van der Waals surface area contributed by atoms with E-state index in [-0.39, 0.29) is 81.4 Å². The van der Waals surface area contributed by atoms with E-state index >= 15 is 0 Å². The Labute approximate surface area is 80.2 Å². The van der Waals surface area contributed by atoms with E-state index in [0.29, 0.717) is 0 Å². The summed E-state index contributed by atoms with van der Waals surface area (Å²) in [6.07, 6.45) is 0. The van der Waals surface area contributed by atoms with E-state index in [1.54, 1.807) is 0 Å². The van der Waals surface area contributed by atoms with Gasteiger partial charge in [0.05, 0.1) is 0 Å². The predicted molar refractivity (Wildman–Crippen MR) is 38.1 cm³/mol. The molecule has 0 atom stereocenters. The van der Waals surface area contributed by atoms with Crippen LogP contribution in [0.1, 0.15) is 0 Å². The van der Waals surface area contributed by atoms with Gasteiger partial charge in [0.25, 0.3) is 0 Å². The third-order valence-electron chi connectivity index (χ3n) is 0. The second-order valence-electron chi connectivity index (χ2n) is 0. The Bertz CT molecular complexity index is 6.00. The molecule has 0 rings (SSSR count). The van der Waals surface area contributed by atoms with Gasteiger partial charge in [0.15, 0.2) is 0 Å². The first kappa shape index (κ1) is 32.0. The molecule has 0 aromatic rings. The Kier molecular flexibility index (Phi) is 144. The van der Waals surface area contributed by atoms with Gasteiger partial charge in [0.2, 0.25) is 0 Å². The largest absolute Gasteiger partial charge is 0.147 e. The quantitative estimate of drug-likeness (QED) is 0.457. The first-order valence-corrected chi connectivity index (χ1v) is 0. The Morgan fingerprint density at radius 2 is 0.750 bits per heavy atom. The summed E-state index contributed by atoms with van der Waals surface area (Å²) in [7, 11) is 0. The molecule has 0 saturated heterocycles. The summed E-state index contributed by atoms with van der Waals surface area (Å²) in [5.41, 5.74) is 0. The van der Waals surface area contributed by atoms with Gasteiger partial charge in [-0.2, -0.15) is 0 Å². The minimum Gasteiger partial charge on any atom is -0.147 e. The monoisotopic (exact) mass is 487 g/mol. The summed E-state index contributed by atoms with van der Waals surface area (Å²) in [5, 5.41) is 0. The van der Waals surface area contributed by atoms with E-state index < -0.39 is 0 Å². The second kappa shape index (κ2) is 18.0. The van der Waals surface area contributed by atoms with Crippen molar-refractivity contribution in [3.8, 4) is 0 Å². The van der Waals surface area contributed by atoms with Gasteiger partial charge in [-0.15, -0.1) is 60.4 Å². The number of rotatable bonds is 0. The molecule has 0 N–H and O–H groups in total. The standard InChI is InChI=1S/ClH.2HI.Pt/h3*1H;. The van der Waals surface area contributed by atoms with Crippen LogP contribution in [0.25, 0.3) is 0 Å². The maximum atomic E-state index is 0. The van der Waals surface area contributed by atoms with Crippen LogP contribution in [-0.2, 0) is 21.1 Å². The molecule has 4 heavy (non-hydrogen) atoms. The van der Waals surface area contributed by atoms with Gasteiger partial charge >= 0.3 is 0 Å². The fourth-order valence-electron chi connectivity index (χ4n) is 0. The molecule has 0 aromatic heterocycles. The molecule has 4 heteroatoms. The van der Waals surface area contributed by atoms with Crippen molar-refractivity contribution in [1.82, 2.24) is 0 Å². The zero-order valence-corrected chi connectivity index (χ0v) is 9.29. The van der Waals surface area contributed by atoms with Crippen LogP contribution < -0.4 is 0 Å². The molecule has 0 nitrogen and oxygen atoms in total. The molecule has 0 aliphatic heterocycles. The Hall–Kier alpha value is 2.44. The van der Waals surface area contributed by atoms with Gasteiger partial charge in [-0.25, -0.2) is 0 Å². The van der Waals surface area contributed by atoms with Crippen molar-refractivity contribution in [1.29, 1.82) is 0 Å². The molecular formula is H3ClI2Pt. The Morgan fingerprint density at radius 3 is 0.750 bits per heavy atom. The number of hydrogen-bond donors (Lipinski definition) is 0. The minimum absolute atomic E-state index is 0. The van der Waals surface area contributed by atoms with Crippen LogP contribution in [0, 0.1) is 0 Å². The van der Waals surface area contributed by atoms with E-state index in [9.17, 15) is 0 Å². The minimum atomic E-state index is 0. The van der Waals surface area contributed by atoms with Gasteiger partial charge < -0.3 is 0 Å². The van der Waals surface area contributed by atoms with E-state index in [1.807, 2.05) is 0 Å². The molecule has 0 unspecified atom stereocenters. The van der Waals surface area contributed by atoms with Crippen molar-refractivity contribution < 1.29 is 21.1 Å². The molecule has 0 fully saturated rings. The molecule has 0 aliphatic carbocycles. The van der Waals surface area contributed by atoms with Crippen LogP contribution in [0.3, 0.4) is 0 Å². The smallest absolute Gasteiger partial charge is 0 e. The Morgan fingerprint density at radius 1 is 0.750 bits per heavy atom. The van der Waals surface area contributed by atoms with Crippen LogP contribution in [0.5, 0.6) is 0 Å². The fourth-order valence-corrected chi connectivity index (χ4v) is 0. The molecule has 0 bridgehead atoms. The van der Waals surface area contributed by atoms with Gasteiger partial charge in [-0.3, -0.25) is 0 Å². The molecule has 0 amide bonds. The molecule has 0 radical (unpaired) electrons. The third kappa shape index (κ3) is 8.83. The average Bonchev–Trinajstić information content (AvgIpc) is 0. The van der Waals surface area contributed by atoms with Crippen LogP contribution in [-0.4, -0.2) is 0 Å². The molecule has 0 aromatic carbocycles. The Balaban J connectivity index is 0. The summed E-state index contributed by atoms with van der Waals surface area (Å²) in [5.74, 6) is 0. The first-order chi connectivity index (χ1) is 0. The van der Waals surface area contributed by atoms with E-state index in [1.165, 1.54) is 0 Å². The zero-order valence-electron chi connectivity index (χ0n) is 1.54. The number of halogens is 3. The zero-order chi connectivity index (χ0) is 0. The van der Waals surface area contributed by atoms with Crippen molar-refractivity contribution in [2.75, 3.05) is 0 Å². The van der Waals surface area contributed by atoms with Crippen molar-refractivity contribution in [2.24, 2.45) is 0 Å².